The topological polar surface area (TPSA) is 282 Å². The van der Waals surface area contributed by atoms with Crippen LogP contribution in [0.25, 0.3) is 0 Å². The molecule has 0 aliphatic carbocycles. The Morgan fingerprint density at radius 3 is 0.891 bits per heavy atom. The fourth-order valence-electron chi connectivity index (χ4n) is 10.9. The number of hydrogen-bond acceptors (Lipinski definition) is 17. The Balaban J connectivity index is 0.000000165. The van der Waals surface area contributed by atoms with Gasteiger partial charge in [0.2, 0.25) is 0 Å². The van der Waals surface area contributed by atoms with Gasteiger partial charge in [-0.2, -0.15) is 0 Å². The molecular formula is C89H90Cl8N16O7S8. The number of hydrogen-bond donors (Lipinski definition) is 8. The van der Waals surface area contributed by atoms with Gasteiger partial charge in [-0.15, -0.1) is 94.1 Å². The summed E-state index contributed by atoms with van der Waals surface area (Å²) in [6, 6.07) is 72.8. The summed E-state index contributed by atoms with van der Waals surface area (Å²) in [5, 5.41) is 32.0. The Hall–Kier alpha value is -8.97. The lowest BCUT2D eigenvalue weighted by Crippen LogP contribution is -2.29. The predicted molar refractivity (Wildman–Crippen MR) is 540 cm³/mol. The minimum absolute atomic E-state index is 0.0123. The molecule has 0 bridgehead atoms. The zero-order valence-corrected chi connectivity index (χ0v) is 82.8. The van der Waals surface area contributed by atoms with E-state index in [1.807, 2.05) is 233 Å². The van der Waals surface area contributed by atoms with Crippen LogP contribution in [0.15, 0.2) is 333 Å². The number of benzene rings is 8. The number of hydrazine groups is 1. The highest BCUT2D eigenvalue weighted by Gasteiger charge is 2.19. The Morgan fingerprint density at radius 1 is 0.273 bits per heavy atom. The largest absolute Gasteiger partial charge is 0.301 e. The van der Waals surface area contributed by atoms with E-state index < -0.39 is 0 Å². The molecule has 0 unspecified atom stereocenters. The molecule has 0 saturated carbocycles. The number of H-pyrrole nitrogens is 8. The second-order valence-electron chi connectivity index (χ2n) is 27.3. The summed E-state index contributed by atoms with van der Waals surface area (Å²) in [6.45, 7) is 3.98. The number of aromatic nitrogens is 14. The molecule has 8 heterocycles. The summed E-state index contributed by atoms with van der Waals surface area (Å²) in [6.07, 6.45) is 2.11. The zero-order valence-electron chi connectivity index (χ0n) is 70.2. The molecule has 0 amide bonds. The molecule has 1 aliphatic rings. The van der Waals surface area contributed by atoms with Crippen molar-refractivity contribution in [2.24, 2.45) is 42.3 Å². The van der Waals surface area contributed by atoms with E-state index in [9.17, 15) is 33.6 Å². The summed E-state index contributed by atoms with van der Waals surface area (Å²) < 4.78 is 9.83. The molecule has 39 heteroatoms. The number of nitrogens with one attached hydrogen (secondary N) is 8. The van der Waals surface area contributed by atoms with Gasteiger partial charge in [0.15, 0.2) is 0 Å². The first-order chi connectivity index (χ1) is 61.3. The minimum Gasteiger partial charge on any atom is -0.301 e. The van der Waals surface area contributed by atoms with E-state index in [-0.39, 0.29) is 38.9 Å². The minimum atomic E-state index is -0.107. The van der Waals surface area contributed by atoms with Crippen molar-refractivity contribution in [3.63, 3.8) is 0 Å². The van der Waals surface area contributed by atoms with Crippen LogP contribution in [0.3, 0.4) is 0 Å². The molecule has 8 aromatic carbocycles. The summed E-state index contributed by atoms with van der Waals surface area (Å²) in [4.78, 5) is 86.3. The van der Waals surface area contributed by atoms with Gasteiger partial charge in [0.05, 0.1) is 42.9 Å². The number of allylic oxidation sites excluding steroid dienone is 1. The normalized spacial score (nSPS) is 11.2. The number of halogens is 8. The maximum Gasteiger partial charge on any atom is 0.266 e. The average Bonchev–Trinajstić information content (AvgIpc) is 1.69. The van der Waals surface area contributed by atoms with Gasteiger partial charge in [0, 0.05) is 233 Å². The highest BCUT2D eigenvalue weighted by atomic mass is 35.5. The summed E-state index contributed by atoms with van der Waals surface area (Å²) in [5.41, 5.74) is 8.38. The monoisotopic (exact) mass is 2030 g/mol. The summed E-state index contributed by atoms with van der Waals surface area (Å²) in [7, 11) is 14.7. The van der Waals surface area contributed by atoms with Gasteiger partial charge in [0.25, 0.3) is 38.9 Å². The smallest absolute Gasteiger partial charge is 0.266 e. The molecule has 0 saturated heterocycles. The van der Waals surface area contributed by atoms with Crippen LogP contribution in [0, 0.1) is 0 Å². The second kappa shape index (κ2) is 52.8. The fourth-order valence-corrected chi connectivity index (χ4v) is 20.4. The van der Waals surface area contributed by atoms with Crippen LogP contribution in [-0.2, 0) is 82.6 Å². The quantitative estimate of drug-likeness (QED) is 0.0261. The third-order valence-electron chi connectivity index (χ3n) is 17.9. The van der Waals surface area contributed by atoms with E-state index in [0.29, 0.717) is 11.5 Å². The maximum absolute atomic E-state index is 11.4. The number of rotatable bonds is 24. The number of likely N-dealkylation sites (N-methyl/N-ethyl adjacent to an activating group) is 1. The van der Waals surface area contributed by atoms with Crippen LogP contribution < -0.4 is 38.9 Å². The summed E-state index contributed by atoms with van der Waals surface area (Å²) >= 11 is 60.9. The van der Waals surface area contributed by atoms with Crippen molar-refractivity contribution in [3.05, 3.63) is 413 Å². The van der Waals surface area contributed by atoms with Crippen molar-refractivity contribution in [3.8, 4) is 0 Å². The predicted octanol–water partition coefficient (Wildman–Crippen LogP) is 22.2. The van der Waals surface area contributed by atoms with E-state index in [0.717, 1.165) is 155 Å². The standard InChI is InChI=1S/C13H15ClN2S.C12H13ClN2OS.4C11H11ClN2OS.2C10H9ClN2OS/c1-10-7-12(16(3)15(10)2)9-17-13-6-4-5-11(14)8-13;1-14-9(7-12(16)15(14)2)8-17-11-6-4-3-5-10(11)13;1-14-9(6-11(15)13-14)7-16-10-4-2-3-8(12)5-10;1-14-11(15)6-9(13-14)7-16-10-4-2-3-8(12)5-10;1-14-8(6-11(15)13-14)7-16-10-5-3-2-4-9(10)12;1-14-11(15)6-8(13-14)7-16-10-5-3-2-4-9(10)12;11-7-2-1-3-9(4-7)15-6-8-5-10(14)13-12-8;11-8-3-1-2-4-9(8)15-6-7-5-10(14)13-12-7/h4-8H,1,9H2,2-3H3;3-7H,8H2,1-2H3;2-6H,7H2,1H3,(H,13,15);2-6,13H,7H2,1H3;2-6H,7H2,1H3,(H,13,15);2-6,13H,7H2,1H3;2*1-5H,6H2,(H2,12,13,14). The van der Waals surface area contributed by atoms with Crippen molar-refractivity contribution in [2.45, 2.75) is 79.4 Å². The average molecular weight is 2040 g/mol. The van der Waals surface area contributed by atoms with Crippen molar-refractivity contribution in [1.82, 2.24) is 78.9 Å². The molecule has 23 nitrogen and oxygen atoms in total. The molecule has 15 aromatic rings. The third kappa shape index (κ3) is 34.7. The first-order valence-electron chi connectivity index (χ1n) is 38.4. The highest BCUT2D eigenvalue weighted by molar-refractivity contribution is 8.00. The molecule has 0 spiro atoms. The van der Waals surface area contributed by atoms with Crippen LogP contribution in [0.2, 0.25) is 40.2 Å². The molecule has 7 aromatic heterocycles. The van der Waals surface area contributed by atoms with Crippen molar-refractivity contribution >= 4 is 187 Å². The number of aromatic amines is 8. The van der Waals surface area contributed by atoms with Crippen molar-refractivity contribution in [1.29, 1.82) is 0 Å². The van der Waals surface area contributed by atoms with Crippen LogP contribution >= 0.6 is 187 Å². The van der Waals surface area contributed by atoms with E-state index in [1.165, 1.54) is 20.0 Å². The highest BCUT2D eigenvalue weighted by Crippen LogP contribution is 2.35. The molecule has 0 atom stereocenters. The molecule has 16 rings (SSSR count). The summed E-state index contributed by atoms with van der Waals surface area (Å²) in [5.74, 6) is 5.98. The van der Waals surface area contributed by atoms with E-state index >= 15 is 0 Å². The second-order valence-corrected chi connectivity index (χ2v) is 39.0. The van der Waals surface area contributed by atoms with Crippen LogP contribution in [0.4, 0.5) is 0 Å². The maximum atomic E-state index is 11.4. The molecule has 0 fully saturated rings. The number of nitrogens with zero attached hydrogens (tertiary/aromatic N) is 8. The lowest BCUT2D eigenvalue weighted by molar-refractivity contribution is 0.135. The Bertz CT molecular complexity index is 6600. The number of thioether (sulfide) groups is 8. The molecule has 128 heavy (non-hydrogen) atoms. The molecular weight excluding hydrogens is 1950 g/mol. The molecule has 672 valence electrons. The first kappa shape index (κ1) is 103. The van der Waals surface area contributed by atoms with Gasteiger partial charge in [0.1, 0.15) is 0 Å². The fraction of sp³-hybridized carbons (Fsp3) is 0.180. The van der Waals surface area contributed by atoms with Gasteiger partial charge in [-0.05, 0) is 127 Å². The van der Waals surface area contributed by atoms with Gasteiger partial charge < -0.3 is 10.2 Å². The Morgan fingerprint density at radius 2 is 0.594 bits per heavy atom. The Labute approximate surface area is 812 Å². The van der Waals surface area contributed by atoms with E-state index in [1.54, 1.807) is 172 Å². The van der Waals surface area contributed by atoms with E-state index in [4.69, 9.17) is 92.8 Å². The van der Waals surface area contributed by atoms with Crippen LogP contribution in [0.1, 0.15) is 39.9 Å². The van der Waals surface area contributed by atoms with Gasteiger partial charge in [-0.25, -0.2) is 0 Å². The number of aryl methyl sites for hydroxylation is 4. The zero-order chi connectivity index (χ0) is 92.3. The molecule has 1 aliphatic heterocycles. The molecule has 0 radical (unpaired) electrons. The van der Waals surface area contributed by atoms with Crippen LogP contribution in [-0.4, -0.2) is 98.7 Å². The lowest BCUT2D eigenvalue weighted by atomic mass is 10.4. The van der Waals surface area contributed by atoms with Crippen LogP contribution in [0.5, 0.6) is 0 Å². The van der Waals surface area contributed by atoms with Gasteiger partial charge >= 0.3 is 0 Å². The first-order valence-corrected chi connectivity index (χ1v) is 49.3. The van der Waals surface area contributed by atoms with Gasteiger partial charge in [-0.1, -0.05) is 172 Å². The lowest BCUT2D eigenvalue weighted by Gasteiger charge is -2.26. The van der Waals surface area contributed by atoms with E-state index in [2.05, 4.69) is 64.5 Å². The van der Waals surface area contributed by atoms with Crippen molar-refractivity contribution in [2.75, 3.05) is 19.8 Å². The Kier molecular flexibility index (Phi) is 42.4. The van der Waals surface area contributed by atoms with Crippen molar-refractivity contribution < 1.29 is 0 Å². The third-order valence-corrected chi connectivity index (χ3v) is 29.2. The van der Waals surface area contributed by atoms with Gasteiger partial charge in [-0.3, -0.25) is 102 Å². The molecule has 8 N–H and O–H groups in total. The SMILES string of the molecule is C=C1C=C(CSc2cccc(Cl)c2)N(C)N1C.Cn1[nH]c(=O)cc1CSc1cccc(Cl)c1.Cn1[nH]c(=O)cc1CSc1ccccc1Cl.Cn1[nH]c(CSc2cccc(Cl)c2)cc1=O.Cn1[nH]c(CSc2ccccc2Cl)cc1=O.Cn1c(CSc2ccccc2Cl)cc(=O)n1C.O=c1cc(CSc2cccc(Cl)c2)[nH][nH]1.O=c1cc(CSc2ccccc2Cl)[nH][nH]1.